The van der Waals surface area contributed by atoms with Gasteiger partial charge in [0.1, 0.15) is 5.84 Å². The van der Waals surface area contributed by atoms with E-state index in [2.05, 4.69) is 11.6 Å². The van der Waals surface area contributed by atoms with E-state index >= 15 is 0 Å². The van der Waals surface area contributed by atoms with Crippen molar-refractivity contribution in [2.45, 2.75) is 18.3 Å². The Morgan fingerprint density at radius 2 is 1.69 bits per heavy atom. The van der Waals surface area contributed by atoms with Crippen molar-refractivity contribution in [1.29, 1.82) is 0 Å². The van der Waals surface area contributed by atoms with Crippen LogP contribution in [0.25, 0.3) is 0 Å². The first-order valence-corrected chi connectivity index (χ1v) is 8.78. The van der Waals surface area contributed by atoms with Gasteiger partial charge in [0.2, 0.25) is 0 Å². The maximum Gasteiger partial charge on any atom is 0.442 e. The van der Waals surface area contributed by atoms with Crippen molar-refractivity contribution in [2.24, 2.45) is 4.99 Å². The summed E-state index contributed by atoms with van der Waals surface area (Å²) in [4.78, 5) is 29.9. The summed E-state index contributed by atoms with van der Waals surface area (Å²) in [6.45, 7) is 3.34. The minimum Gasteiger partial charge on any atom is -0.312 e. The van der Waals surface area contributed by atoms with Gasteiger partial charge in [-0.1, -0.05) is 54.6 Å². The lowest BCUT2D eigenvalue weighted by molar-refractivity contribution is -0.196. The average molecular weight is 401 g/mol. The molecule has 1 N–H and O–H groups in total. The Balaban J connectivity index is 2.03. The highest BCUT2D eigenvalue weighted by Crippen LogP contribution is 2.38. The van der Waals surface area contributed by atoms with Crippen LogP contribution in [0.4, 0.5) is 13.2 Å². The summed E-state index contributed by atoms with van der Waals surface area (Å²) >= 11 is 0. The van der Waals surface area contributed by atoms with Gasteiger partial charge in [-0.2, -0.15) is 13.2 Å². The highest BCUT2D eigenvalue weighted by atomic mass is 19.4. The highest BCUT2D eigenvalue weighted by molar-refractivity contribution is 6.11. The Kier molecular flexibility index (Phi) is 5.54. The van der Waals surface area contributed by atoms with Crippen LogP contribution in [-0.2, 0) is 11.2 Å². The maximum absolute atomic E-state index is 14.1. The normalized spacial score (nSPS) is 19.1. The number of hydrogen-bond donors (Lipinski definition) is 1. The number of amides is 2. The number of alkyl halides is 3. The van der Waals surface area contributed by atoms with Gasteiger partial charge in [-0.15, -0.1) is 6.58 Å². The number of rotatable bonds is 6. The zero-order valence-corrected chi connectivity index (χ0v) is 15.3. The summed E-state index contributed by atoms with van der Waals surface area (Å²) in [5.74, 6) is -2.49. The van der Waals surface area contributed by atoms with Crippen molar-refractivity contribution >= 4 is 17.6 Å². The quantitative estimate of drug-likeness (QED) is 0.755. The van der Waals surface area contributed by atoms with Crippen LogP contribution in [0.1, 0.15) is 15.9 Å². The van der Waals surface area contributed by atoms with E-state index < -0.39 is 23.7 Å². The molecule has 0 fully saturated rings. The smallest absolute Gasteiger partial charge is 0.312 e. The van der Waals surface area contributed by atoms with Gasteiger partial charge in [0.15, 0.2) is 0 Å². The molecule has 2 aromatic carbocycles. The number of carbonyl (C=O) groups excluding carboxylic acids is 2. The van der Waals surface area contributed by atoms with Crippen molar-refractivity contribution in [2.75, 3.05) is 6.54 Å². The molecule has 0 bridgehead atoms. The second kappa shape index (κ2) is 7.90. The second-order valence-corrected chi connectivity index (χ2v) is 6.42. The summed E-state index contributed by atoms with van der Waals surface area (Å²) < 4.78 is 42.2. The van der Waals surface area contributed by atoms with Gasteiger partial charge in [0, 0.05) is 18.5 Å². The van der Waals surface area contributed by atoms with E-state index in [1.807, 2.05) is 5.32 Å². The number of nitrogens with one attached hydrogen (secondary N) is 1. The SMILES string of the molecule is C=CCN1C(=O)[C@](NC(=O)c2ccccc2)(C(F)(F)F)N=C1Cc1ccccc1. The first kappa shape index (κ1) is 20.3. The zero-order valence-electron chi connectivity index (χ0n) is 15.3. The molecular weight excluding hydrogens is 383 g/mol. The molecule has 0 aromatic heterocycles. The fourth-order valence-corrected chi connectivity index (χ4v) is 3.01. The maximum atomic E-state index is 14.1. The molecule has 2 amide bonds. The Morgan fingerprint density at radius 1 is 1.10 bits per heavy atom. The van der Waals surface area contributed by atoms with E-state index in [0.717, 1.165) is 4.90 Å². The van der Waals surface area contributed by atoms with Crippen LogP contribution < -0.4 is 5.32 Å². The molecule has 5 nitrogen and oxygen atoms in total. The third-order valence-electron chi connectivity index (χ3n) is 4.42. The van der Waals surface area contributed by atoms with Crippen molar-refractivity contribution in [3.63, 3.8) is 0 Å². The molecule has 0 saturated heterocycles. The fraction of sp³-hybridized carbons (Fsp3) is 0.190. The molecule has 2 aromatic rings. The largest absolute Gasteiger partial charge is 0.442 e. The number of benzene rings is 2. The molecule has 0 radical (unpaired) electrons. The van der Waals surface area contributed by atoms with Gasteiger partial charge < -0.3 is 5.32 Å². The van der Waals surface area contributed by atoms with Crippen LogP contribution in [0.5, 0.6) is 0 Å². The molecule has 0 spiro atoms. The summed E-state index contributed by atoms with van der Waals surface area (Å²) in [6, 6.07) is 16.0. The Bertz CT molecular complexity index is 943. The molecule has 8 heteroatoms. The second-order valence-electron chi connectivity index (χ2n) is 6.42. The summed E-state index contributed by atoms with van der Waals surface area (Å²) in [5.41, 5.74) is -2.71. The predicted octanol–water partition coefficient (Wildman–Crippen LogP) is 3.34. The monoisotopic (exact) mass is 401 g/mol. The molecule has 1 aliphatic heterocycles. The first-order chi connectivity index (χ1) is 13.8. The van der Waals surface area contributed by atoms with Crippen LogP contribution in [0.15, 0.2) is 78.3 Å². The molecule has 0 saturated carbocycles. The van der Waals surface area contributed by atoms with Crippen molar-refractivity contribution in [1.82, 2.24) is 10.2 Å². The van der Waals surface area contributed by atoms with Crippen LogP contribution in [0.2, 0.25) is 0 Å². The van der Waals surface area contributed by atoms with Crippen molar-refractivity contribution in [3.05, 3.63) is 84.4 Å². The molecule has 1 aliphatic rings. The van der Waals surface area contributed by atoms with E-state index in [1.165, 1.54) is 30.3 Å². The number of halogens is 3. The van der Waals surface area contributed by atoms with E-state index in [4.69, 9.17) is 0 Å². The Morgan fingerprint density at radius 3 is 2.24 bits per heavy atom. The Labute approximate surface area is 165 Å². The van der Waals surface area contributed by atoms with E-state index in [-0.39, 0.29) is 24.4 Å². The molecule has 29 heavy (non-hydrogen) atoms. The zero-order chi connectivity index (χ0) is 21.1. The minimum absolute atomic E-state index is 0.000538. The number of nitrogens with zero attached hydrogens (tertiary/aromatic N) is 2. The summed E-state index contributed by atoms with van der Waals surface area (Å²) in [7, 11) is 0. The third-order valence-corrected chi connectivity index (χ3v) is 4.42. The van der Waals surface area contributed by atoms with Gasteiger partial charge in [0.05, 0.1) is 0 Å². The summed E-state index contributed by atoms with van der Waals surface area (Å²) in [5, 5.41) is 1.83. The fourth-order valence-electron chi connectivity index (χ4n) is 3.01. The molecule has 150 valence electrons. The number of amidine groups is 1. The summed E-state index contributed by atoms with van der Waals surface area (Å²) in [6.07, 6.45) is -3.82. The van der Waals surface area contributed by atoms with Gasteiger partial charge in [-0.25, -0.2) is 4.99 Å². The lowest BCUT2D eigenvalue weighted by Gasteiger charge is -2.29. The van der Waals surface area contributed by atoms with Crippen LogP contribution in [0.3, 0.4) is 0 Å². The lowest BCUT2D eigenvalue weighted by Crippen LogP contribution is -2.63. The molecule has 3 rings (SSSR count). The van der Waals surface area contributed by atoms with Crippen LogP contribution in [-0.4, -0.2) is 40.9 Å². The molecule has 0 unspecified atom stereocenters. The molecule has 0 aliphatic carbocycles. The van der Waals surface area contributed by atoms with E-state index in [1.54, 1.807) is 36.4 Å². The van der Waals surface area contributed by atoms with Crippen molar-refractivity contribution < 1.29 is 22.8 Å². The Hall–Kier alpha value is -3.42. The van der Waals surface area contributed by atoms with Gasteiger partial charge in [-0.05, 0) is 17.7 Å². The topological polar surface area (TPSA) is 61.8 Å². The average Bonchev–Trinajstić information content (AvgIpc) is 2.96. The van der Waals surface area contributed by atoms with E-state index in [0.29, 0.717) is 5.56 Å². The van der Waals surface area contributed by atoms with E-state index in [9.17, 15) is 22.8 Å². The number of aliphatic imine (C=N–C) groups is 1. The molecule has 1 atom stereocenters. The van der Waals surface area contributed by atoms with Gasteiger partial charge in [0.25, 0.3) is 11.8 Å². The van der Waals surface area contributed by atoms with Crippen molar-refractivity contribution in [3.8, 4) is 0 Å². The number of carbonyl (C=O) groups is 2. The molecule has 1 heterocycles. The number of hydrogen-bond acceptors (Lipinski definition) is 3. The van der Waals surface area contributed by atoms with Crippen LogP contribution >= 0.6 is 0 Å². The highest BCUT2D eigenvalue weighted by Gasteiger charge is 2.66. The standard InChI is InChI=1S/C21H18F3N3O2/c1-2-13-27-17(14-15-9-5-3-6-10-15)25-20(19(27)29,21(22,23)24)26-18(28)16-11-7-4-8-12-16/h2-12H,1,13-14H2,(H,26,28)/t20-/m0/s1. The first-order valence-electron chi connectivity index (χ1n) is 8.78. The predicted molar refractivity (Wildman–Crippen MR) is 102 cm³/mol. The van der Waals surface area contributed by atoms with Gasteiger partial charge >= 0.3 is 11.8 Å². The lowest BCUT2D eigenvalue weighted by atomic mass is 10.1. The minimum atomic E-state index is -5.13. The molecular formula is C21H18F3N3O2. The van der Waals surface area contributed by atoms with Gasteiger partial charge in [-0.3, -0.25) is 14.5 Å². The third kappa shape index (κ3) is 3.91. The van der Waals surface area contributed by atoms with Crippen LogP contribution in [0, 0.1) is 0 Å².